The van der Waals surface area contributed by atoms with Crippen molar-refractivity contribution in [2.75, 3.05) is 31.1 Å². The Bertz CT molecular complexity index is 1500. The van der Waals surface area contributed by atoms with E-state index >= 15 is 4.39 Å². The molecule has 2 atom stereocenters. The summed E-state index contributed by atoms with van der Waals surface area (Å²) in [5.74, 6) is -0.783. The first-order valence-corrected chi connectivity index (χ1v) is 13.6. The van der Waals surface area contributed by atoms with E-state index in [1.54, 1.807) is 17.9 Å². The highest BCUT2D eigenvalue weighted by molar-refractivity contribution is 5.90. The molecule has 0 radical (unpaired) electrons. The van der Waals surface area contributed by atoms with E-state index in [0.717, 1.165) is 30.4 Å². The Morgan fingerprint density at radius 1 is 1.08 bits per heavy atom. The molecule has 4 heterocycles. The van der Waals surface area contributed by atoms with Gasteiger partial charge >= 0.3 is 12.1 Å². The van der Waals surface area contributed by atoms with Crippen LogP contribution >= 0.6 is 0 Å². The molecule has 3 fully saturated rings. The van der Waals surface area contributed by atoms with Crippen LogP contribution in [0.15, 0.2) is 47.4 Å². The maximum atomic E-state index is 15.8. The van der Waals surface area contributed by atoms with Gasteiger partial charge in [-0.1, -0.05) is 30.3 Å². The van der Waals surface area contributed by atoms with Crippen LogP contribution in [0.25, 0.3) is 5.52 Å². The number of esters is 1. The van der Waals surface area contributed by atoms with Crippen LogP contribution in [0.2, 0.25) is 0 Å². The van der Waals surface area contributed by atoms with Crippen LogP contribution in [0, 0.1) is 18.7 Å². The fourth-order valence-corrected chi connectivity index (χ4v) is 6.26. The molecule has 6 rings (SSSR count). The summed E-state index contributed by atoms with van der Waals surface area (Å²) in [6, 6.07) is 11.1. The maximum Gasteiger partial charge on any atom is 0.410 e. The lowest BCUT2D eigenvalue weighted by molar-refractivity contribution is 0.0523. The summed E-state index contributed by atoms with van der Waals surface area (Å²) < 4.78 is 27.7. The zero-order valence-corrected chi connectivity index (χ0v) is 22.2. The fourth-order valence-electron chi connectivity index (χ4n) is 6.26. The molecule has 2 saturated heterocycles. The second-order valence-corrected chi connectivity index (χ2v) is 10.7. The highest BCUT2D eigenvalue weighted by Crippen LogP contribution is 2.45. The molecule has 1 amide bonds. The normalized spacial score (nSPS) is 20.4. The zero-order chi connectivity index (χ0) is 27.3. The largest absolute Gasteiger partial charge is 0.462 e. The first-order chi connectivity index (χ1) is 18.9. The third-order valence-electron chi connectivity index (χ3n) is 8.26. The van der Waals surface area contributed by atoms with Crippen LogP contribution in [0.3, 0.4) is 0 Å². The minimum absolute atomic E-state index is 0.0665. The summed E-state index contributed by atoms with van der Waals surface area (Å²) in [7, 11) is 0. The first-order valence-electron chi connectivity index (χ1n) is 13.6. The SMILES string of the molecule is CCOC(=O)c1cc(C2CC2)c2c(C)c(N3C[C@@H]4CCN(C(=O)OCc5ccccc5)[C@@H]4C3)c(F)cn2c1=O. The van der Waals surface area contributed by atoms with Crippen molar-refractivity contribution in [2.45, 2.75) is 51.7 Å². The lowest BCUT2D eigenvalue weighted by Crippen LogP contribution is -2.40. The number of carbonyl (C=O) groups is 2. The monoisotopic (exact) mass is 533 g/mol. The van der Waals surface area contributed by atoms with Gasteiger partial charge in [0.15, 0.2) is 5.82 Å². The third kappa shape index (κ3) is 4.53. The number of nitrogens with zero attached hydrogens (tertiary/aromatic N) is 3. The van der Waals surface area contributed by atoms with E-state index in [4.69, 9.17) is 9.47 Å². The molecule has 0 bridgehead atoms. The molecule has 9 heteroatoms. The fraction of sp³-hybridized carbons (Fsp3) is 0.433. The molecule has 3 aliphatic rings. The van der Waals surface area contributed by atoms with Crippen molar-refractivity contribution in [3.63, 3.8) is 0 Å². The van der Waals surface area contributed by atoms with Gasteiger partial charge in [0.1, 0.15) is 12.2 Å². The van der Waals surface area contributed by atoms with Crippen molar-refractivity contribution >= 4 is 23.3 Å². The van der Waals surface area contributed by atoms with Gasteiger partial charge in [0.05, 0.1) is 30.0 Å². The second kappa shape index (κ2) is 10.0. The lowest BCUT2D eigenvalue weighted by Gasteiger charge is -2.27. The van der Waals surface area contributed by atoms with Gasteiger partial charge < -0.3 is 19.3 Å². The van der Waals surface area contributed by atoms with Crippen molar-refractivity contribution in [3.8, 4) is 0 Å². The highest BCUT2D eigenvalue weighted by atomic mass is 19.1. The van der Waals surface area contributed by atoms with Crippen LogP contribution in [0.4, 0.5) is 14.9 Å². The van der Waals surface area contributed by atoms with Crippen molar-refractivity contribution in [3.05, 3.63) is 81.0 Å². The number of hydrogen-bond donors (Lipinski definition) is 0. The molecule has 3 aromatic rings. The van der Waals surface area contributed by atoms with Crippen molar-refractivity contribution in [1.82, 2.24) is 9.30 Å². The molecule has 0 unspecified atom stereocenters. The third-order valence-corrected chi connectivity index (χ3v) is 8.26. The Morgan fingerprint density at radius 3 is 2.56 bits per heavy atom. The van der Waals surface area contributed by atoms with Gasteiger partial charge in [-0.2, -0.15) is 0 Å². The van der Waals surface area contributed by atoms with Gasteiger partial charge in [0.2, 0.25) is 0 Å². The molecule has 2 aliphatic heterocycles. The average Bonchev–Trinajstić information content (AvgIpc) is 3.57. The van der Waals surface area contributed by atoms with Crippen LogP contribution in [0.5, 0.6) is 0 Å². The number of fused-ring (bicyclic) bond motifs is 2. The molecule has 39 heavy (non-hydrogen) atoms. The summed E-state index contributed by atoms with van der Waals surface area (Å²) in [4.78, 5) is 42.5. The van der Waals surface area contributed by atoms with Crippen molar-refractivity contribution < 1.29 is 23.5 Å². The molecule has 1 aromatic carbocycles. The maximum absolute atomic E-state index is 15.8. The summed E-state index contributed by atoms with van der Waals surface area (Å²) in [5, 5.41) is 0. The Morgan fingerprint density at radius 2 is 1.85 bits per heavy atom. The van der Waals surface area contributed by atoms with Crippen LogP contribution < -0.4 is 10.5 Å². The van der Waals surface area contributed by atoms with Gasteiger partial charge in [-0.05, 0) is 61.8 Å². The van der Waals surface area contributed by atoms with Gasteiger partial charge in [0, 0.05) is 25.6 Å². The summed E-state index contributed by atoms with van der Waals surface area (Å²) in [5.41, 5.74) is 2.94. The average molecular weight is 534 g/mol. The smallest absolute Gasteiger partial charge is 0.410 e. The standard InChI is InChI=1S/C30H32FN3O5/c1-3-38-29(36)23-13-22(20-9-10-20)26-18(2)27(24(31)15-34(26)28(23)35)32-14-21-11-12-33(25(21)16-32)30(37)39-17-19-7-5-4-6-8-19/h4-8,13,15,20-21,25H,3,9-12,14,16-17H2,1-2H3/t21-,25+/m0/s1. The molecule has 8 nitrogen and oxygen atoms in total. The molecule has 1 saturated carbocycles. The van der Waals surface area contributed by atoms with Crippen LogP contribution in [-0.2, 0) is 16.1 Å². The molecule has 0 N–H and O–H groups in total. The number of rotatable bonds is 6. The Kier molecular flexibility index (Phi) is 6.53. The van der Waals surface area contributed by atoms with E-state index in [1.165, 1.54) is 10.6 Å². The summed E-state index contributed by atoms with van der Waals surface area (Å²) >= 11 is 0. The minimum Gasteiger partial charge on any atom is -0.462 e. The molecular weight excluding hydrogens is 501 g/mol. The van der Waals surface area contributed by atoms with Crippen LogP contribution in [-0.4, -0.2) is 53.6 Å². The highest BCUT2D eigenvalue weighted by Gasteiger charge is 2.45. The second-order valence-electron chi connectivity index (χ2n) is 10.7. The number of benzene rings is 1. The number of halogens is 1. The molecule has 204 valence electrons. The first kappa shape index (κ1) is 25.4. The van der Waals surface area contributed by atoms with E-state index in [9.17, 15) is 14.4 Å². The van der Waals surface area contributed by atoms with E-state index < -0.39 is 17.3 Å². The van der Waals surface area contributed by atoms with Crippen molar-refractivity contribution in [1.29, 1.82) is 0 Å². The van der Waals surface area contributed by atoms with Crippen molar-refractivity contribution in [2.24, 2.45) is 5.92 Å². The van der Waals surface area contributed by atoms with E-state index in [2.05, 4.69) is 0 Å². The minimum atomic E-state index is -0.687. The van der Waals surface area contributed by atoms with Gasteiger partial charge in [-0.25, -0.2) is 14.0 Å². The van der Waals surface area contributed by atoms with Gasteiger partial charge in [-0.3, -0.25) is 9.20 Å². The van der Waals surface area contributed by atoms with Gasteiger partial charge in [-0.15, -0.1) is 0 Å². The number of carbonyl (C=O) groups excluding carboxylic acids is 2. The number of anilines is 1. The zero-order valence-electron chi connectivity index (χ0n) is 22.2. The number of likely N-dealkylation sites (tertiary alicyclic amines) is 1. The van der Waals surface area contributed by atoms with Gasteiger partial charge in [0.25, 0.3) is 5.56 Å². The number of amides is 1. The predicted molar refractivity (Wildman–Crippen MR) is 144 cm³/mol. The lowest BCUT2D eigenvalue weighted by atomic mass is 10.0. The number of pyridine rings is 2. The molecule has 1 aliphatic carbocycles. The number of aryl methyl sites for hydroxylation is 1. The number of ether oxygens (including phenoxy) is 2. The Hall–Kier alpha value is -3.88. The van der Waals surface area contributed by atoms with Crippen LogP contribution in [0.1, 0.15) is 59.2 Å². The molecular formula is C30H32FN3O5. The molecule has 0 spiro atoms. The molecule has 2 aromatic heterocycles. The Balaban J connectivity index is 1.29. The topological polar surface area (TPSA) is 80.6 Å². The summed E-state index contributed by atoms with van der Waals surface area (Å²) in [6.45, 7) is 5.61. The number of aromatic nitrogens is 1. The quantitative estimate of drug-likeness (QED) is 0.429. The summed E-state index contributed by atoms with van der Waals surface area (Å²) in [6.07, 6.45) is 3.59. The number of hydrogen-bond acceptors (Lipinski definition) is 6. The predicted octanol–water partition coefficient (Wildman–Crippen LogP) is 4.65. The van der Waals surface area contributed by atoms with E-state index in [1.807, 2.05) is 42.2 Å². The van der Waals surface area contributed by atoms with E-state index in [-0.39, 0.29) is 42.7 Å². The Labute approximate surface area is 225 Å². The van der Waals surface area contributed by atoms with E-state index in [0.29, 0.717) is 36.4 Å².